The summed E-state index contributed by atoms with van der Waals surface area (Å²) in [6.45, 7) is 2.65. The predicted octanol–water partition coefficient (Wildman–Crippen LogP) is 2.66. The lowest BCUT2D eigenvalue weighted by molar-refractivity contribution is -0.384. The average Bonchev–Trinajstić information content (AvgIpc) is 3.14. The Morgan fingerprint density at radius 2 is 2.16 bits per heavy atom. The zero-order chi connectivity index (χ0) is 14.0. The standard InChI is InChI=1S/C14H21N3O2/c1-10-5-4-6-12(17(18)19)14(10)15-9-13(16(2)3)11-7-8-11/h4-6,11,13,15H,7-9H2,1-3H3. The monoisotopic (exact) mass is 263 g/mol. The van der Waals surface area contributed by atoms with E-state index in [0.29, 0.717) is 11.7 Å². The van der Waals surface area contributed by atoms with Crippen LogP contribution in [0.2, 0.25) is 0 Å². The maximum atomic E-state index is 11.1. The van der Waals surface area contributed by atoms with E-state index in [1.807, 2.05) is 13.0 Å². The zero-order valence-corrected chi connectivity index (χ0v) is 11.7. The van der Waals surface area contributed by atoms with Crippen LogP contribution < -0.4 is 5.32 Å². The van der Waals surface area contributed by atoms with Gasteiger partial charge in [0.15, 0.2) is 0 Å². The number of benzene rings is 1. The third-order valence-electron chi connectivity index (χ3n) is 3.76. The van der Waals surface area contributed by atoms with E-state index in [1.54, 1.807) is 12.1 Å². The Morgan fingerprint density at radius 1 is 1.47 bits per heavy atom. The van der Waals surface area contributed by atoms with E-state index in [0.717, 1.165) is 18.0 Å². The molecule has 5 nitrogen and oxygen atoms in total. The Kier molecular flexibility index (Phi) is 4.04. The summed E-state index contributed by atoms with van der Waals surface area (Å²) in [4.78, 5) is 12.9. The molecule has 0 spiro atoms. The van der Waals surface area contributed by atoms with E-state index in [9.17, 15) is 10.1 Å². The van der Waals surface area contributed by atoms with Crippen molar-refractivity contribution in [1.29, 1.82) is 0 Å². The smallest absolute Gasteiger partial charge is 0.292 e. The van der Waals surface area contributed by atoms with Gasteiger partial charge in [0.1, 0.15) is 5.69 Å². The van der Waals surface area contributed by atoms with Crippen LogP contribution in [-0.4, -0.2) is 36.5 Å². The summed E-state index contributed by atoms with van der Waals surface area (Å²) in [5.41, 5.74) is 1.73. The Hall–Kier alpha value is -1.62. The maximum Gasteiger partial charge on any atom is 0.292 e. The van der Waals surface area contributed by atoms with E-state index in [1.165, 1.54) is 12.8 Å². The normalized spacial score (nSPS) is 16.4. The number of rotatable bonds is 6. The third-order valence-corrected chi connectivity index (χ3v) is 3.76. The van der Waals surface area contributed by atoms with Crippen LogP contribution in [0, 0.1) is 23.0 Å². The minimum atomic E-state index is -0.322. The lowest BCUT2D eigenvalue weighted by atomic mass is 10.1. The molecule has 1 fully saturated rings. The van der Waals surface area contributed by atoms with Crippen LogP contribution >= 0.6 is 0 Å². The van der Waals surface area contributed by atoms with Crippen LogP contribution in [0.4, 0.5) is 11.4 Å². The van der Waals surface area contributed by atoms with Gasteiger partial charge in [-0.1, -0.05) is 12.1 Å². The first-order valence-corrected chi connectivity index (χ1v) is 6.65. The number of nitro benzene ring substituents is 1. The van der Waals surface area contributed by atoms with Gasteiger partial charge in [0.25, 0.3) is 5.69 Å². The van der Waals surface area contributed by atoms with Gasteiger partial charge >= 0.3 is 0 Å². The van der Waals surface area contributed by atoms with Gasteiger partial charge in [-0.15, -0.1) is 0 Å². The fourth-order valence-electron chi connectivity index (χ4n) is 2.49. The fourth-order valence-corrected chi connectivity index (χ4v) is 2.49. The number of hydrogen-bond donors (Lipinski definition) is 1. The molecule has 0 radical (unpaired) electrons. The molecule has 0 heterocycles. The highest BCUT2D eigenvalue weighted by Crippen LogP contribution is 2.35. The zero-order valence-electron chi connectivity index (χ0n) is 11.7. The summed E-state index contributed by atoms with van der Waals surface area (Å²) in [5, 5.41) is 14.3. The molecule has 1 aliphatic rings. The molecule has 0 aliphatic heterocycles. The van der Waals surface area contributed by atoms with Crippen molar-refractivity contribution in [2.75, 3.05) is 26.0 Å². The van der Waals surface area contributed by atoms with Crippen molar-refractivity contribution in [1.82, 2.24) is 4.90 Å². The van der Waals surface area contributed by atoms with Crippen LogP contribution in [-0.2, 0) is 0 Å². The molecule has 0 bridgehead atoms. The van der Waals surface area contributed by atoms with Gasteiger partial charge < -0.3 is 10.2 Å². The molecule has 1 aromatic carbocycles. The van der Waals surface area contributed by atoms with Crippen molar-refractivity contribution in [2.45, 2.75) is 25.8 Å². The van der Waals surface area contributed by atoms with Crippen LogP contribution in [0.15, 0.2) is 18.2 Å². The molecule has 1 unspecified atom stereocenters. The summed E-state index contributed by atoms with van der Waals surface area (Å²) >= 11 is 0. The number of hydrogen-bond acceptors (Lipinski definition) is 4. The van der Waals surface area contributed by atoms with Crippen LogP contribution in [0.1, 0.15) is 18.4 Å². The maximum absolute atomic E-state index is 11.1. The van der Waals surface area contributed by atoms with Gasteiger partial charge in [0.05, 0.1) is 4.92 Å². The van der Waals surface area contributed by atoms with Crippen molar-refractivity contribution in [3.8, 4) is 0 Å². The molecule has 1 aromatic rings. The van der Waals surface area contributed by atoms with Gasteiger partial charge in [0.2, 0.25) is 0 Å². The molecule has 0 amide bonds. The lowest BCUT2D eigenvalue weighted by Crippen LogP contribution is -2.36. The minimum absolute atomic E-state index is 0.160. The second-order valence-electron chi connectivity index (χ2n) is 5.48. The van der Waals surface area contributed by atoms with Gasteiger partial charge in [-0.05, 0) is 45.3 Å². The first-order valence-electron chi connectivity index (χ1n) is 6.65. The van der Waals surface area contributed by atoms with E-state index in [4.69, 9.17) is 0 Å². The molecule has 19 heavy (non-hydrogen) atoms. The van der Waals surface area contributed by atoms with E-state index >= 15 is 0 Å². The highest BCUT2D eigenvalue weighted by molar-refractivity contribution is 5.66. The number of nitro groups is 1. The van der Waals surface area contributed by atoms with Crippen LogP contribution in [0.25, 0.3) is 0 Å². The minimum Gasteiger partial charge on any atom is -0.378 e. The molecule has 0 aromatic heterocycles. The molecular formula is C14H21N3O2. The van der Waals surface area contributed by atoms with E-state index in [2.05, 4.69) is 24.3 Å². The second-order valence-corrected chi connectivity index (χ2v) is 5.48. The van der Waals surface area contributed by atoms with Gasteiger partial charge in [-0.3, -0.25) is 10.1 Å². The number of anilines is 1. The molecule has 1 N–H and O–H groups in total. The first-order chi connectivity index (χ1) is 9.00. The number of aryl methyl sites for hydroxylation is 1. The summed E-state index contributed by atoms with van der Waals surface area (Å²) in [6.07, 6.45) is 2.53. The number of para-hydroxylation sites is 1. The van der Waals surface area contributed by atoms with Crippen molar-refractivity contribution >= 4 is 11.4 Å². The molecule has 1 saturated carbocycles. The molecule has 1 aliphatic carbocycles. The fraction of sp³-hybridized carbons (Fsp3) is 0.571. The van der Waals surface area contributed by atoms with Crippen LogP contribution in [0.5, 0.6) is 0 Å². The van der Waals surface area contributed by atoms with Gasteiger partial charge in [-0.2, -0.15) is 0 Å². The van der Waals surface area contributed by atoms with Crippen molar-refractivity contribution in [2.24, 2.45) is 5.92 Å². The summed E-state index contributed by atoms with van der Waals surface area (Å²) in [5.74, 6) is 0.727. The SMILES string of the molecule is Cc1cccc([N+](=O)[O-])c1NCC(C1CC1)N(C)C. The van der Waals surface area contributed by atoms with E-state index < -0.39 is 0 Å². The second kappa shape index (κ2) is 5.57. The van der Waals surface area contributed by atoms with Crippen LogP contribution in [0.3, 0.4) is 0 Å². The number of nitrogens with one attached hydrogen (secondary N) is 1. The Labute approximate surface area is 113 Å². The molecule has 5 heteroatoms. The van der Waals surface area contributed by atoms with Crippen molar-refractivity contribution < 1.29 is 4.92 Å². The molecule has 104 valence electrons. The largest absolute Gasteiger partial charge is 0.378 e. The lowest BCUT2D eigenvalue weighted by Gasteiger charge is -2.25. The molecular weight excluding hydrogens is 242 g/mol. The van der Waals surface area contributed by atoms with Gasteiger partial charge in [0, 0.05) is 18.7 Å². The Bertz CT molecular complexity index is 468. The average molecular weight is 263 g/mol. The van der Waals surface area contributed by atoms with Crippen molar-refractivity contribution in [3.63, 3.8) is 0 Å². The molecule has 1 atom stereocenters. The summed E-state index contributed by atoms with van der Waals surface area (Å²) in [7, 11) is 4.13. The Morgan fingerprint density at radius 3 is 2.68 bits per heavy atom. The number of likely N-dealkylation sites (N-methyl/N-ethyl adjacent to an activating group) is 1. The van der Waals surface area contributed by atoms with Crippen molar-refractivity contribution in [3.05, 3.63) is 33.9 Å². The Balaban J connectivity index is 2.12. The summed E-state index contributed by atoms with van der Waals surface area (Å²) in [6, 6.07) is 5.62. The van der Waals surface area contributed by atoms with Gasteiger partial charge in [-0.25, -0.2) is 0 Å². The molecule has 2 rings (SSSR count). The quantitative estimate of drug-likeness (QED) is 0.633. The number of nitrogens with zero attached hydrogens (tertiary/aromatic N) is 2. The topological polar surface area (TPSA) is 58.4 Å². The predicted molar refractivity (Wildman–Crippen MR) is 76.5 cm³/mol. The van der Waals surface area contributed by atoms with E-state index in [-0.39, 0.29) is 10.6 Å². The highest BCUT2D eigenvalue weighted by atomic mass is 16.6. The highest BCUT2D eigenvalue weighted by Gasteiger charge is 2.32. The first kappa shape index (κ1) is 13.8. The third kappa shape index (κ3) is 3.23. The molecule has 0 saturated heterocycles. The summed E-state index contributed by atoms with van der Waals surface area (Å²) < 4.78 is 0.